The lowest BCUT2D eigenvalue weighted by molar-refractivity contribution is -0.123. The van der Waals surface area contributed by atoms with Gasteiger partial charge in [-0.2, -0.15) is 0 Å². The average Bonchev–Trinajstić information content (AvgIpc) is 2.80. The van der Waals surface area contributed by atoms with Crippen molar-refractivity contribution in [2.45, 2.75) is 25.8 Å². The van der Waals surface area contributed by atoms with Crippen LogP contribution in [0.2, 0.25) is 0 Å². The molecule has 2 aliphatic heterocycles. The number of anilines is 1. The average molecular weight is 437 g/mol. The zero-order valence-corrected chi connectivity index (χ0v) is 19.6. The predicted molar refractivity (Wildman–Crippen MR) is 130 cm³/mol. The molecule has 1 N–H and O–H groups in total. The smallest absolute Gasteiger partial charge is 0.258 e. The van der Waals surface area contributed by atoms with Crippen molar-refractivity contribution in [2.75, 3.05) is 64.9 Å². The van der Waals surface area contributed by atoms with Gasteiger partial charge in [-0.05, 0) is 55.6 Å². The quantitative estimate of drug-likeness (QED) is 0.723. The molecule has 4 rings (SSSR count). The van der Waals surface area contributed by atoms with E-state index in [4.69, 9.17) is 4.74 Å². The maximum atomic E-state index is 12.6. The summed E-state index contributed by atoms with van der Waals surface area (Å²) >= 11 is 0. The number of rotatable bonds is 7. The maximum Gasteiger partial charge on any atom is 0.258 e. The second-order valence-electron chi connectivity index (χ2n) is 9.13. The zero-order valence-electron chi connectivity index (χ0n) is 19.6. The Morgan fingerprint density at radius 3 is 2.62 bits per heavy atom. The van der Waals surface area contributed by atoms with Crippen LogP contribution in [-0.4, -0.2) is 75.7 Å². The lowest BCUT2D eigenvalue weighted by Gasteiger charge is -2.39. The highest BCUT2D eigenvalue weighted by Crippen LogP contribution is 2.31. The van der Waals surface area contributed by atoms with Crippen molar-refractivity contribution in [1.82, 2.24) is 15.1 Å². The number of amides is 1. The molecule has 0 aromatic heterocycles. The molecule has 2 heterocycles. The monoisotopic (exact) mass is 436 g/mol. The van der Waals surface area contributed by atoms with E-state index in [1.165, 1.54) is 23.2 Å². The topological polar surface area (TPSA) is 48.1 Å². The molecular weight excluding hydrogens is 400 g/mol. The summed E-state index contributed by atoms with van der Waals surface area (Å²) in [5.41, 5.74) is 5.09. The molecule has 0 bridgehead atoms. The predicted octanol–water partition coefficient (Wildman–Crippen LogP) is 2.86. The largest absolute Gasteiger partial charge is 0.484 e. The van der Waals surface area contributed by atoms with Gasteiger partial charge >= 0.3 is 0 Å². The van der Waals surface area contributed by atoms with Crippen LogP contribution in [0.3, 0.4) is 0 Å². The number of ether oxygens (including phenoxy) is 1. The third-order valence-electron chi connectivity index (χ3n) is 6.76. The number of piperazine rings is 1. The second-order valence-corrected chi connectivity index (χ2v) is 9.13. The summed E-state index contributed by atoms with van der Waals surface area (Å²) in [7, 11) is 4.34. The first-order chi connectivity index (χ1) is 15.5. The molecule has 172 valence electrons. The van der Waals surface area contributed by atoms with Gasteiger partial charge in [-0.25, -0.2) is 0 Å². The van der Waals surface area contributed by atoms with Crippen molar-refractivity contribution < 1.29 is 9.53 Å². The molecule has 0 unspecified atom stereocenters. The van der Waals surface area contributed by atoms with Crippen molar-refractivity contribution >= 4 is 11.6 Å². The molecule has 2 aliphatic rings. The number of hydrogen-bond donors (Lipinski definition) is 1. The van der Waals surface area contributed by atoms with Gasteiger partial charge in [-0.15, -0.1) is 0 Å². The minimum absolute atomic E-state index is 0.0370. The summed E-state index contributed by atoms with van der Waals surface area (Å²) in [6.45, 7) is 7.85. The number of nitrogens with zero attached hydrogens (tertiary/aromatic N) is 3. The molecule has 2 aromatic rings. The first-order valence-electron chi connectivity index (χ1n) is 11.7. The third-order valence-corrected chi connectivity index (χ3v) is 6.76. The normalized spacial score (nSPS) is 18.2. The van der Waals surface area contributed by atoms with Crippen molar-refractivity contribution in [2.24, 2.45) is 0 Å². The van der Waals surface area contributed by atoms with Crippen molar-refractivity contribution in [3.8, 4) is 5.75 Å². The lowest BCUT2D eigenvalue weighted by atomic mass is 9.95. The number of hydrogen-bond acceptors (Lipinski definition) is 5. The van der Waals surface area contributed by atoms with E-state index in [0.29, 0.717) is 6.54 Å². The summed E-state index contributed by atoms with van der Waals surface area (Å²) in [4.78, 5) is 19.8. The SMILES string of the molecule is Cc1ccccc1OCC(=O)NC[C@H](c1ccc2c(c1)CCCN2C)N1CCN(C)CC1. The Morgan fingerprint density at radius 2 is 1.84 bits per heavy atom. The van der Waals surface area contributed by atoms with Crippen LogP contribution in [0.25, 0.3) is 0 Å². The summed E-state index contributed by atoms with van der Waals surface area (Å²) in [5, 5.41) is 3.14. The molecule has 1 atom stereocenters. The van der Waals surface area contributed by atoms with Gasteiger partial charge in [-0.1, -0.05) is 30.3 Å². The number of fused-ring (bicyclic) bond motifs is 1. The van der Waals surface area contributed by atoms with Crippen LogP contribution in [-0.2, 0) is 11.2 Å². The minimum Gasteiger partial charge on any atom is -0.484 e. The Kier molecular flexibility index (Phi) is 7.33. The summed E-state index contributed by atoms with van der Waals surface area (Å²) in [5.74, 6) is 0.683. The molecule has 0 radical (unpaired) electrons. The molecule has 2 aromatic carbocycles. The Balaban J connectivity index is 1.44. The molecule has 6 heteroatoms. The van der Waals surface area contributed by atoms with Crippen LogP contribution in [0.15, 0.2) is 42.5 Å². The lowest BCUT2D eigenvalue weighted by Crippen LogP contribution is -2.48. The molecule has 1 fully saturated rings. The molecule has 0 spiro atoms. The number of aryl methyl sites for hydroxylation is 2. The number of para-hydroxylation sites is 1. The molecule has 0 saturated carbocycles. The minimum atomic E-state index is -0.0786. The standard InChI is InChI=1S/C26H36N4O2/c1-20-7-4-5-9-25(20)32-19-26(31)27-18-24(30-15-13-28(2)14-16-30)22-10-11-23-21(17-22)8-6-12-29(23)3/h4-5,7,9-11,17,24H,6,8,12-16,18-19H2,1-3H3,(H,27,31)/t24-/m1/s1. The van der Waals surface area contributed by atoms with Crippen molar-refractivity contribution in [3.63, 3.8) is 0 Å². The van der Waals surface area contributed by atoms with E-state index in [1.54, 1.807) is 0 Å². The fraction of sp³-hybridized carbons (Fsp3) is 0.500. The fourth-order valence-electron chi connectivity index (χ4n) is 4.73. The molecule has 1 amide bonds. The molecular formula is C26H36N4O2. The Hall–Kier alpha value is -2.57. The first-order valence-corrected chi connectivity index (χ1v) is 11.7. The van der Waals surface area contributed by atoms with E-state index in [1.807, 2.05) is 31.2 Å². The van der Waals surface area contributed by atoms with Crippen LogP contribution < -0.4 is 15.0 Å². The van der Waals surface area contributed by atoms with E-state index in [9.17, 15) is 4.79 Å². The number of likely N-dealkylation sites (N-methyl/N-ethyl adjacent to an activating group) is 1. The number of benzene rings is 2. The van der Waals surface area contributed by atoms with Gasteiger partial charge in [0.2, 0.25) is 0 Å². The van der Waals surface area contributed by atoms with E-state index >= 15 is 0 Å². The highest BCUT2D eigenvalue weighted by Gasteiger charge is 2.26. The Bertz CT molecular complexity index is 924. The van der Waals surface area contributed by atoms with Crippen LogP contribution in [0, 0.1) is 6.92 Å². The van der Waals surface area contributed by atoms with Crippen LogP contribution >= 0.6 is 0 Å². The number of nitrogens with one attached hydrogen (secondary N) is 1. The highest BCUT2D eigenvalue weighted by molar-refractivity contribution is 5.77. The highest BCUT2D eigenvalue weighted by atomic mass is 16.5. The molecule has 0 aliphatic carbocycles. The Morgan fingerprint density at radius 1 is 1.06 bits per heavy atom. The molecule has 1 saturated heterocycles. The second kappa shape index (κ2) is 10.4. The summed E-state index contributed by atoms with van der Waals surface area (Å²) < 4.78 is 5.74. The van der Waals surface area contributed by atoms with Gasteiger partial charge in [0, 0.05) is 52.0 Å². The van der Waals surface area contributed by atoms with Crippen LogP contribution in [0.5, 0.6) is 5.75 Å². The van der Waals surface area contributed by atoms with Gasteiger partial charge in [0.1, 0.15) is 5.75 Å². The van der Waals surface area contributed by atoms with E-state index < -0.39 is 0 Å². The third kappa shape index (κ3) is 5.43. The van der Waals surface area contributed by atoms with Gasteiger partial charge in [0.25, 0.3) is 5.91 Å². The van der Waals surface area contributed by atoms with E-state index in [-0.39, 0.29) is 18.6 Å². The summed E-state index contributed by atoms with van der Waals surface area (Å²) in [6.07, 6.45) is 2.32. The fourth-order valence-corrected chi connectivity index (χ4v) is 4.73. The van der Waals surface area contributed by atoms with E-state index in [2.05, 4.69) is 52.3 Å². The van der Waals surface area contributed by atoms with Gasteiger partial charge in [-0.3, -0.25) is 9.69 Å². The zero-order chi connectivity index (χ0) is 22.5. The maximum absolute atomic E-state index is 12.6. The van der Waals surface area contributed by atoms with Gasteiger partial charge in [0.05, 0.1) is 6.04 Å². The summed E-state index contributed by atoms with van der Waals surface area (Å²) in [6, 6.07) is 14.8. The van der Waals surface area contributed by atoms with Crippen molar-refractivity contribution in [3.05, 3.63) is 59.2 Å². The first kappa shape index (κ1) is 22.6. The molecule has 6 nitrogen and oxygen atoms in total. The Labute approximate surface area is 192 Å². The van der Waals surface area contributed by atoms with Gasteiger partial charge in [0.15, 0.2) is 6.61 Å². The molecule has 32 heavy (non-hydrogen) atoms. The van der Waals surface area contributed by atoms with Crippen LogP contribution in [0.4, 0.5) is 5.69 Å². The van der Waals surface area contributed by atoms with Crippen molar-refractivity contribution in [1.29, 1.82) is 0 Å². The van der Waals surface area contributed by atoms with E-state index in [0.717, 1.165) is 50.5 Å². The van der Waals surface area contributed by atoms with Gasteiger partial charge < -0.3 is 19.9 Å². The van der Waals surface area contributed by atoms with Crippen LogP contribution in [0.1, 0.15) is 29.2 Å². The number of carbonyl (C=O) groups excluding carboxylic acids is 1. The number of carbonyl (C=O) groups is 1.